The highest BCUT2D eigenvalue weighted by molar-refractivity contribution is 6.34. The molecule has 1 amide bonds. The topological polar surface area (TPSA) is 89.4 Å². The van der Waals surface area contributed by atoms with Crippen molar-refractivity contribution < 1.29 is 19.1 Å². The summed E-state index contributed by atoms with van der Waals surface area (Å²) in [6, 6.07) is 6.67. The van der Waals surface area contributed by atoms with Gasteiger partial charge in [-0.1, -0.05) is 23.2 Å². The Morgan fingerprint density at radius 3 is 2.29 bits per heavy atom. The first-order valence-electron chi connectivity index (χ1n) is 8.16. The Kier molecular flexibility index (Phi) is 7.37. The molecule has 0 spiro atoms. The lowest BCUT2D eigenvalue weighted by atomic mass is 10.2. The molecule has 0 heterocycles. The number of rotatable bonds is 7. The molecule has 0 saturated heterocycles. The molecule has 2 aromatic carbocycles. The number of amides is 1. The summed E-state index contributed by atoms with van der Waals surface area (Å²) in [6.45, 7) is 3.06. The van der Waals surface area contributed by atoms with Crippen LogP contribution in [-0.2, 0) is 9.59 Å². The van der Waals surface area contributed by atoms with Gasteiger partial charge in [0.2, 0.25) is 6.04 Å². The third-order valence-corrected chi connectivity index (χ3v) is 4.35. The van der Waals surface area contributed by atoms with Crippen molar-refractivity contribution in [2.24, 2.45) is 10.2 Å². The van der Waals surface area contributed by atoms with Gasteiger partial charge in [0.1, 0.15) is 0 Å². The maximum Gasteiger partial charge on any atom is 0.258 e. The Morgan fingerprint density at radius 2 is 1.71 bits per heavy atom. The number of benzene rings is 2. The normalized spacial score (nSPS) is 11.9. The van der Waals surface area contributed by atoms with E-state index in [0.29, 0.717) is 22.2 Å². The first-order valence-corrected chi connectivity index (χ1v) is 8.92. The Bertz CT molecular complexity index is 932. The fourth-order valence-electron chi connectivity index (χ4n) is 2.32. The van der Waals surface area contributed by atoms with Crippen LogP contribution >= 0.6 is 23.2 Å². The molecular formula is C19H19Cl2N3O4. The second-order valence-electron chi connectivity index (χ2n) is 5.84. The summed E-state index contributed by atoms with van der Waals surface area (Å²) in [5.74, 6) is -0.354. The van der Waals surface area contributed by atoms with Gasteiger partial charge in [0.25, 0.3) is 5.91 Å². The summed E-state index contributed by atoms with van der Waals surface area (Å²) in [5.41, 5.74) is 1.53. The van der Waals surface area contributed by atoms with Crippen LogP contribution in [0.25, 0.3) is 0 Å². The van der Waals surface area contributed by atoms with Crippen LogP contribution in [0.3, 0.4) is 0 Å². The molecule has 0 radical (unpaired) electrons. The second-order valence-corrected chi connectivity index (χ2v) is 6.68. The van der Waals surface area contributed by atoms with E-state index in [9.17, 15) is 9.59 Å². The molecule has 2 aromatic rings. The zero-order chi connectivity index (χ0) is 20.8. The number of nitrogens with one attached hydrogen (secondary N) is 1. The van der Waals surface area contributed by atoms with Crippen molar-refractivity contribution >= 4 is 46.3 Å². The summed E-state index contributed by atoms with van der Waals surface area (Å²) in [6.07, 6.45) is 0. The van der Waals surface area contributed by atoms with Gasteiger partial charge in [0.05, 0.1) is 30.6 Å². The van der Waals surface area contributed by atoms with Crippen molar-refractivity contribution in [1.29, 1.82) is 0 Å². The van der Waals surface area contributed by atoms with E-state index in [0.717, 1.165) is 5.56 Å². The maximum atomic E-state index is 12.6. The predicted molar refractivity (Wildman–Crippen MR) is 108 cm³/mol. The zero-order valence-electron chi connectivity index (χ0n) is 15.7. The van der Waals surface area contributed by atoms with E-state index in [1.807, 2.05) is 0 Å². The Balaban J connectivity index is 2.26. The molecule has 0 aliphatic heterocycles. The molecule has 0 aromatic heterocycles. The number of nitrogens with zero attached hydrogens (tertiary/aromatic N) is 2. The number of carbonyl (C=O) groups excluding carboxylic acids is 2. The van der Waals surface area contributed by atoms with E-state index in [-0.39, 0.29) is 10.7 Å². The number of carbonyl (C=O) groups is 2. The molecule has 0 aliphatic carbocycles. The average molecular weight is 424 g/mol. The van der Waals surface area contributed by atoms with E-state index in [2.05, 4.69) is 15.5 Å². The van der Waals surface area contributed by atoms with Crippen LogP contribution in [-0.4, -0.2) is 32.0 Å². The van der Waals surface area contributed by atoms with E-state index in [1.54, 1.807) is 25.1 Å². The Labute approximate surface area is 172 Å². The number of ether oxygens (including phenoxy) is 2. The number of azo groups is 1. The van der Waals surface area contributed by atoms with Crippen LogP contribution in [0, 0.1) is 6.92 Å². The summed E-state index contributed by atoms with van der Waals surface area (Å²) >= 11 is 12.1. The molecule has 0 aliphatic rings. The minimum atomic E-state index is -1.33. The zero-order valence-corrected chi connectivity index (χ0v) is 17.3. The monoisotopic (exact) mass is 423 g/mol. The van der Waals surface area contributed by atoms with Crippen molar-refractivity contribution in [3.63, 3.8) is 0 Å². The molecule has 1 unspecified atom stereocenters. The van der Waals surface area contributed by atoms with Gasteiger partial charge in [-0.2, -0.15) is 10.2 Å². The van der Waals surface area contributed by atoms with Crippen LogP contribution in [0.2, 0.25) is 10.0 Å². The van der Waals surface area contributed by atoms with Crippen molar-refractivity contribution in [1.82, 2.24) is 0 Å². The molecule has 148 valence electrons. The smallest absolute Gasteiger partial charge is 0.258 e. The highest BCUT2D eigenvalue weighted by Gasteiger charge is 2.24. The van der Waals surface area contributed by atoms with Gasteiger partial charge in [0.15, 0.2) is 17.3 Å². The van der Waals surface area contributed by atoms with E-state index in [1.165, 1.54) is 33.3 Å². The molecular weight excluding hydrogens is 405 g/mol. The fourth-order valence-corrected chi connectivity index (χ4v) is 2.75. The quantitative estimate of drug-likeness (QED) is 0.501. The average Bonchev–Trinajstić information content (AvgIpc) is 2.64. The van der Waals surface area contributed by atoms with E-state index < -0.39 is 17.7 Å². The Hall–Kier alpha value is -2.64. The SMILES string of the molecule is COc1cc(Cl)c(NC(=O)C(N=Nc2ccc(Cl)cc2C)C(C)=O)cc1OC. The fraction of sp³-hybridized carbons (Fsp3) is 0.263. The first kappa shape index (κ1) is 21.7. The number of methoxy groups -OCH3 is 2. The molecule has 9 heteroatoms. The standard InChI is InChI=1S/C19H19Cl2N3O4/c1-10-7-12(20)5-6-14(10)23-24-18(11(2)25)19(26)22-15-9-17(28-4)16(27-3)8-13(15)21/h5-9,18H,1-4H3,(H,22,26). The van der Waals surface area contributed by atoms with Crippen LogP contribution in [0.1, 0.15) is 12.5 Å². The summed E-state index contributed by atoms with van der Waals surface area (Å²) < 4.78 is 10.3. The molecule has 0 saturated carbocycles. The molecule has 0 fully saturated rings. The first-order chi connectivity index (χ1) is 13.3. The lowest BCUT2D eigenvalue weighted by Crippen LogP contribution is -2.32. The number of ketones is 1. The Morgan fingerprint density at radius 1 is 1.07 bits per heavy atom. The van der Waals surface area contributed by atoms with Gasteiger partial charge in [-0.15, -0.1) is 0 Å². The lowest BCUT2D eigenvalue weighted by molar-refractivity contribution is -0.126. The number of aryl methyl sites for hydroxylation is 1. The van der Waals surface area contributed by atoms with Gasteiger partial charge < -0.3 is 14.8 Å². The van der Waals surface area contributed by atoms with Crippen molar-refractivity contribution in [2.75, 3.05) is 19.5 Å². The number of anilines is 1. The number of halogens is 2. The summed E-state index contributed by atoms with van der Waals surface area (Å²) in [7, 11) is 2.93. The van der Waals surface area contributed by atoms with Crippen molar-refractivity contribution in [3.05, 3.63) is 45.9 Å². The summed E-state index contributed by atoms with van der Waals surface area (Å²) in [5, 5.41) is 11.3. The van der Waals surface area contributed by atoms with Gasteiger partial charge in [-0.3, -0.25) is 9.59 Å². The largest absolute Gasteiger partial charge is 0.493 e. The molecule has 1 N–H and O–H groups in total. The second kappa shape index (κ2) is 9.52. The molecule has 1 atom stereocenters. The van der Waals surface area contributed by atoms with E-state index in [4.69, 9.17) is 32.7 Å². The molecule has 7 nitrogen and oxygen atoms in total. The van der Waals surface area contributed by atoms with E-state index >= 15 is 0 Å². The number of hydrogen-bond donors (Lipinski definition) is 1. The number of hydrogen-bond acceptors (Lipinski definition) is 6. The maximum absolute atomic E-state index is 12.6. The molecule has 0 bridgehead atoms. The lowest BCUT2D eigenvalue weighted by Gasteiger charge is -2.14. The van der Waals surface area contributed by atoms with Crippen LogP contribution < -0.4 is 14.8 Å². The third-order valence-electron chi connectivity index (χ3n) is 3.80. The highest BCUT2D eigenvalue weighted by Crippen LogP contribution is 2.36. The van der Waals surface area contributed by atoms with Gasteiger partial charge in [-0.25, -0.2) is 0 Å². The van der Waals surface area contributed by atoms with Gasteiger partial charge in [-0.05, 0) is 37.6 Å². The number of Topliss-reactive ketones (excluding diaryl/α,β-unsaturated/α-hetero) is 1. The van der Waals surface area contributed by atoms with Crippen molar-refractivity contribution in [3.8, 4) is 11.5 Å². The minimum absolute atomic E-state index is 0.221. The van der Waals surface area contributed by atoms with Crippen molar-refractivity contribution in [2.45, 2.75) is 19.9 Å². The van der Waals surface area contributed by atoms with Crippen LogP contribution in [0.15, 0.2) is 40.6 Å². The minimum Gasteiger partial charge on any atom is -0.493 e. The summed E-state index contributed by atoms with van der Waals surface area (Å²) in [4.78, 5) is 24.5. The predicted octanol–water partition coefficient (Wildman–Crippen LogP) is 5.00. The van der Waals surface area contributed by atoms with Crippen LogP contribution in [0.4, 0.5) is 11.4 Å². The molecule has 28 heavy (non-hydrogen) atoms. The van der Waals surface area contributed by atoms with Gasteiger partial charge in [0, 0.05) is 17.2 Å². The highest BCUT2D eigenvalue weighted by atomic mass is 35.5. The van der Waals surface area contributed by atoms with Gasteiger partial charge >= 0.3 is 0 Å². The third kappa shape index (κ3) is 5.21. The molecule has 2 rings (SSSR count). The van der Waals surface area contributed by atoms with Crippen LogP contribution in [0.5, 0.6) is 11.5 Å².